The van der Waals surface area contributed by atoms with Crippen LogP contribution in [-0.4, -0.2) is 37.4 Å². The van der Waals surface area contributed by atoms with Gasteiger partial charge in [-0.05, 0) is 0 Å². The van der Waals surface area contributed by atoms with Crippen LogP contribution in [-0.2, 0) is 4.79 Å². The molecule has 0 saturated carbocycles. The van der Waals surface area contributed by atoms with Crippen LogP contribution in [0.3, 0.4) is 0 Å². The first-order valence-electron chi connectivity index (χ1n) is 3.90. The number of hydrogen-bond donors (Lipinski definition) is 5. The average Bonchev–Trinajstić information content (AvgIpc) is 2.19. The molecule has 1 aromatic rings. The second kappa shape index (κ2) is 4.07. The van der Waals surface area contributed by atoms with Crippen LogP contribution < -0.4 is 11.5 Å². The summed E-state index contributed by atoms with van der Waals surface area (Å²) in [6.45, 7) is 0. The van der Waals surface area contributed by atoms with Crippen LogP contribution in [0.2, 0.25) is 0 Å². The first-order chi connectivity index (χ1) is 6.93. The largest absolute Gasteiger partial charge is 0.479 e. The van der Waals surface area contributed by atoms with Gasteiger partial charge in [0.1, 0.15) is 6.10 Å². The normalized spacial score (nSPS) is 14.5. The van der Waals surface area contributed by atoms with Crippen LogP contribution in [0, 0.1) is 0 Å². The molecule has 2 unspecified atom stereocenters. The first kappa shape index (κ1) is 11.1. The van der Waals surface area contributed by atoms with Crippen LogP contribution >= 0.6 is 0 Å². The molecule has 0 aliphatic rings. The molecule has 0 aliphatic heterocycles. The van der Waals surface area contributed by atoms with Gasteiger partial charge in [-0.25, -0.2) is 14.8 Å². The molecular weight excluding hydrogens is 204 g/mol. The van der Waals surface area contributed by atoms with Crippen molar-refractivity contribution >= 4 is 17.6 Å². The zero-order chi connectivity index (χ0) is 11.6. The molecule has 1 aromatic heterocycles. The highest BCUT2D eigenvalue weighted by Gasteiger charge is 2.26. The molecule has 0 aromatic carbocycles. The number of carboxylic acid groups (broad SMARTS) is 1. The fraction of sp³-hybridized carbons (Fsp3) is 0.286. The Hall–Kier alpha value is -1.93. The van der Waals surface area contributed by atoms with Gasteiger partial charge in [0.2, 0.25) is 0 Å². The lowest BCUT2D eigenvalue weighted by Crippen LogP contribution is -2.28. The average molecular weight is 214 g/mol. The molecule has 0 radical (unpaired) electrons. The molecule has 15 heavy (non-hydrogen) atoms. The van der Waals surface area contributed by atoms with Crippen molar-refractivity contribution in [2.24, 2.45) is 0 Å². The smallest absolute Gasteiger partial charge is 0.335 e. The quantitative estimate of drug-likeness (QED) is 0.391. The number of rotatable bonds is 3. The van der Waals surface area contributed by atoms with E-state index >= 15 is 0 Å². The maximum atomic E-state index is 10.4. The third-order valence-corrected chi connectivity index (χ3v) is 1.70. The molecule has 1 heterocycles. The summed E-state index contributed by atoms with van der Waals surface area (Å²) >= 11 is 0. The second-order valence-electron chi connectivity index (χ2n) is 2.79. The number of carboxylic acids is 1. The summed E-state index contributed by atoms with van der Waals surface area (Å²) in [5, 5.41) is 26.8. The number of aliphatic hydroxyl groups excluding tert-OH is 2. The Balaban J connectivity index is 2.96. The predicted molar refractivity (Wildman–Crippen MR) is 49.5 cm³/mol. The Morgan fingerprint density at radius 2 is 1.93 bits per heavy atom. The van der Waals surface area contributed by atoms with Gasteiger partial charge in [-0.2, -0.15) is 0 Å². The topological polar surface area (TPSA) is 156 Å². The molecular formula is C7H10N4O4. The SMILES string of the molecule is Nc1ncc(C(O)C(O)C(=O)O)nc1N. The second-order valence-corrected chi connectivity index (χ2v) is 2.79. The summed E-state index contributed by atoms with van der Waals surface area (Å²) in [6.07, 6.45) is -2.64. The summed E-state index contributed by atoms with van der Waals surface area (Å²) < 4.78 is 0. The van der Waals surface area contributed by atoms with Gasteiger partial charge in [-0.15, -0.1) is 0 Å². The van der Waals surface area contributed by atoms with Crippen molar-refractivity contribution in [2.75, 3.05) is 11.5 Å². The van der Waals surface area contributed by atoms with Crippen molar-refractivity contribution in [1.82, 2.24) is 9.97 Å². The molecule has 0 spiro atoms. The van der Waals surface area contributed by atoms with E-state index in [1.54, 1.807) is 0 Å². The number of anilines is 2. The minimum Gasteiger partial charge on any atom is -0.479 e. The van der Waals surface area contributed by atoms with Gasteiger partial charge in [0.05, 0.1) is 11.9 Å². The van der Waals surface area contributed by atoms with Crippen molar-refractivity contribution in [2.45, 2.75) is 12.2 Å². The van der Waals surface area contributed by atoms with Crippen LogP contribution in [0.25, 0.3) is 0 Å². The van der Waals surface area contributed by atoms with Crippen molar-refractivity contribution in [1.29, 1.82) is 0 Å². The number of hydrogen-bond acceptors (Lipinski definition) is 7. The fourth-order valence-corrected chi connectivity index (χ4v) is 0.866. The van der Waals surface area contributed by atoms with Gasteiger partial charge in [-0.1, -0.05) is 0 Å². The standard InChI is InChI=1S/C7H10N4O4/c8-5-6(9)11-2(1-10-5)3(12)4(13)7(14)15/h1,3-4,12-13H,(H2,8,10)(H2,9,11)(H,14,15). The van der Waals surface area contributed by atoms with Gasteiger partial charge in [0, 0.05) is 0 Å². The molecule has 1 rings (SSSR count). The van der Waals surface area contributed by atoms with E-state index in [4.69, 9.17) is 21.7 Å². The molecule has 8 heteroatoms. The Labute approximate surface area is 84.2 Å². The van der Waals surface area contributed by atoms with E-state index in [2.05, 4.69) is 9.97 Å². The summed E-state index contributed by atoms with van der Waals surface area (Å²) in [6, 6.07) is 0. The maximum Gasteiger partial charge on any atom is 0.335 e. The number of aliphatic carboxylic acids is 1. The maximum absolute atomic E-state index is 10.4. The van der Waals surface area contributed by atoms with Crippen molar-refractivity contribution in [3.8, 4) is 0 Å². The summed E-state index contributed by atoms with van der Waals surface area (Å²) in [4.78, 5) is 17.5. The van der Waals surface area contributed by atoms with Crippen LogP contribution in [0.5, 0.6) is 0 Å². The lowest BCUT2D eigenvalue weighted by Gasteiger charge is -2.13. The van der Waals surface area contributed by atoms with Gasteiger partial charge in [-0.3, -0.25) is 0 Å². The Kier molecular flexibility index (Phi) is 3.02. The van der Waals surface area contributed by atoms with Gasteiger partial charge >= 0.3 is 5.97 Å². The van der Waals surface area contributed by atoms with Crippen LogP contribution in [0.15, 0.2) is 6.20 Å². The number of nitrogens with zero attached hydrogens (tertiary/aromatic N) is 2. The lowest BCUT2D eigenvalue weighted by atomic mass is 10.1. The summed E-state index contributed by atoms with van der Waals surface area (Å²) in [5.41, 5.74) is 10.4. The van der Waals surface area contributed by atoms with Crippen LogP contribution in [0.4, 0.5) is 11.6 Å². The zero-order valence-corrected chi connectivity index (χ0v) is 7.53. The zero-order valence-electron chi connectivity index (χ0n) is 7.53. The molecule has 82 valence electrons. The molecule has 2 atom stereocenters. The van der Waals surface area contributed by atoms with E-state index < -0.39 is 18.2 Å². The van der Waals surface area contributed by atoms with Crippen molar-refractivity contribution in [3.05, 3.63) is 11.9 Å². The molecule has 0 amide bonds. The monoisotopic (exact) mass is 214 g/mol. The van der Waals surface area contributed by atoms with Crippen molar-refractivity contribution < 1.29 is 20.1 Å². The number of aliphatic hydroxyl groups is 2. The van der Waals surface area contributed by atoms with E-state index in [0.717, 1.165) is 6.20 Å². The molecule has 0 bridgehead atoms. The minimum atomic E-state index is -1.98. The molecule has 0 fully saturated rings. The van der Waals surface area contributed by atoms with Gasteiger partial charge < -0.3 is 26.8 Å². The summed E-state index contributed by atoms with van der Waals surface area (Å²) in [5.74, 6) is -1.74. The molecule has 0 aliphatic carbocycles. The lowest BCUT2D eigenvalue weighted by molar-refractivity contribution is -0.153. The number of nitrogens with two attached hydrogens (primary N) is 2. The highest BCUT2D eigenvalue weighted by molar-refractivity contribution is 5.73. The number of carbonyl (C=O) groups is 1. The molecule has 7 N–H and O–H groups in total. The number of nitrogen functional groups attached to an aromatic ring is 2. The van der Waals surface area contributed by atoms with Crippen molar-refractivity contribution in [3.63, 3.8) is 0 Å². The van der Waals surface area contributed by atoms with Gasteiger partial charge in [0.15, 0.2) is 17.7 Å². The van der Waals surface area contributed by atoms with E-state index in [0.29, 0.717) is 0 Å². The third kappa shape index (κ3) is 2.30. The number of aromatic nitrogens is 2. The first-order valence-corrected chi connectivity index (χ1v) is 3.90. The molecule has 8 nitrogen and oxygen atoms in total. The Bertz CT molecular complexity index is 383. The highest BCUT2D eigenvalue weighted by Crippen LogP contribution is 2.17. The third-order valence-electron chi connectivity index (χ3n) is 1.70. The van der Waals surface area contributed by atoms with E-state index in [-0.39, 0.29) is 17.3 Å². The fourth-order valence-electron chi connectivity index (χ4n) is 0.866. The Morgan fingerprint density at radius 3 is 2.40 bits per heavy atom. The Morgan fingerprint density at radius 1 is 1.33 bits per heavy atom. The van der Waals surface area contributed by atoms with E-state index in [1.807, 2.05) is 0 Å². The minimum absolute atomic E-state index is 0.0317. The van der Waals surface area contributed by atoms with E-state index in [1.165, 1.54) is 0 Å². The van der Waals surface area contributed by atoms with E-state index in [9.17, 15) is 9.90 Å². The molecule has 0 saturated heterocycles. The van der Waals surface area contributed by atoms with Gasteiger partial charge in [0.25, 0.3) is 0 Å². The summed E-state index contributed by atoms with van der Waals surface area (Å²) in [7, 11) is 0. The highest BCUT2D eigenvalue weighted by atomic mass is 16.4. The van der Waals surface area contributed by atoms with Crippen LogP contribution in [0.1, 0.15) is 11.8 Å². The predicted octanol–water partition coefficient (Wildman–Crippen LogP) is -1.88.